The number of aryl methyl sites for hydroxylation is 1. The first-order valence-electron chi connectivity index (χ1n) is 7.43. The maximum atomic E-state index is 12.1. The maximum Gasteiger partial charge on any atom is 0.252 e. The van der Waals surface area contributed by atoms with Gasteiger partial charge in [-0.1, -0.05) is 44.9 Å². The third-order valence-electron chi connectivity index (χ3n) is 4.29. The second-order valence-corrected chi connectivity index (χ2v) is 5.48. The maximum absolute atomic E-state index is 12.1. The van der Waals surface area contributed by atoms with Crippen LogP contribution in [0.4, 0.5) is 5.69 Å². The predicted octanol–water partition coefficient (Wildman–Crippen LogP) is 3.78. The Hall–Kier alpha value is -1.77. The molecule has 0 fully saturated rings. The van der Waals surface area contributed by atoms with Crippen molar-refractivity contribution in [2.75, 3.05) is 5.32 Å². The van der Waals surface area contributed by atoms with E-state index in [0.717, 1.165) is 29.4 Å². The lowest BCUT2D eigenvalue weighted by atomic mass is 9.95. The zero-order valence-corrected chi connectivity index (χ0v) is 12.8. The van der Waals surface area contributed by atoms with Gasteiger partial charge in [-0.25, -0.2) is 0 Å². The molecule has 1 aromatic carbocycles. The third-order valence-corrected chi connectivity index (χ3v) is 4.29. The molecule has 1 atom stereocenters. The second-order valence-electron chi connectivity index (χ2n) is 5.48. The minimum atomic E-state index is 0.0305. The molecule has 2 aromatic rings. The molecule has 108 valence electrons. The fourth-order valence-electron chi connectivity index (χ4n) is 2.89. The topological polar surface area (TPSA) is 34.0 Å². The summed E-state index contributed by atoms with van der Waals surface area (Å²) in [6.07, 6.45) is 2.29. The highest BCUT2D eigenvalue weighted by atomic mass is 16.1. The van der Waals surface area contributed by atoms with Gasteiger partial charge in [0.2, 0.25) is 0 Å². The molecule has 0 bridgehead atoms. The van der Waals surface area contributed by atoms with Gasteiger partial charge in [0, 0.05) is 30.2 Å². The number of benzene rings is 1. The van der Waals surface area contributed by atoms with Crippen molar-refractivity contribution in [2.24, 2.45) is 13.0 Å². The summed E-state index contributed by atoms with van der Waals surface area (Å²) >= 11 is 0. The van der Waals surface area contributed by atoms with Crippen molar-refractivity contribution < 1.29 is 0 Å². The minimum absolute atomic E-state index is 0.0305. The van der Waals surface area contributed by atoms with Crippen LogP contribution in [-0.4, -0.2) is 10.6 Å². The Labute approximate surface area is 120 Å². The van der Waals surface area contributed by atoms with Crippen molar-refractivity contribution in [3.8, 4) is 0 Å². The van der Waals surface area contributed by atoms with Crippen molar-refractivity contribution in [3.05, 3.63) is 40.7 Å². The number of nitrogens with one attached hydrogen (secondary N) is 1. The van der Waals surface area contributed by atoms with Crippen molar-refractivity contribution >= 4 is 16.6 Å². The molecule has 0 aliphatic rings. The number of aromatic nitrogens is 1. The van der Waals surface area contributed by atoms with Crippen LogP contribution in [0.1, 0.15) is 33.6 Å². The Bertz CT molecular complexity index is 641. The molecule has 0 radical (unpaired) electrons. The molecule has 1 N–H and O–H groups in total. The minimum Gasteiger partial charge on any atom is -0.382 e. The lowest BCUT2D eigenvalue weighted by molar-refractivity contribution is 0.438. The van der Waals surface area contributed by atoms with Gasteiger partial charge in [-0.15, -0.1) is 0 Å². The highest BCUT2D eigenvalue weighted by Gasteiger charge is 2.15. The summed E-state index contributed by atoms with van der Waals surface area (Å²) < 4.78 is 1.70. The molecular weight excluding hydrogens is 248 g/mol. The van der Waals surface area contributed by atoms with Crippen LogP contribution in [0.25, 0.3) is 10.9 Å². The lowest BCUT2D eigenvalue weighted by Crippen LogP contribution is -2.26. The SMILES string of the molecule is CCC(CC)C(C)Nc1cc(=O)n(C)c2ccccc12. The van der Waals surface area contributed by atoms with Gasteiger partial charge in [0.1, 0.15) is 0 Å². The Morgan fingerprint density at radius 2 is 1.85 bits per heavy atom. The van der Waals surface area contributed by atoms with E-state index in [-0.39, 0.29) is 5.56 Å². The number of para-hydroxylation sites is 1. The van der Waals surface area contributed by atoms with Crippen LogP contribution in [0.3, 0.4) is 0 Å². The van der Waals surface area contributed by atoms with Crippen LogP contribution in [0, 0.1) is 5.92 Å². The van der Waals surface area contributed by atoms with E-state index < -0.39 is 0 Å². The first-order valence-corrected chi connectivity index (χ1v) is 7.43. The van der Waals surface area contributed by atoms with Gasteiger partial charge in [-0.05, 0) is 18.9 Å². The fourth-order valence-corrected chi connectivity index (χ4v) is 2.89. The molecule has 20 heavy (non-hydrogen) atoms. The molecule has 0 saturated carbocycles. The van der Waals surface area contributed by atoms with E-state index in [1.165, 1.54) is 0 Å². The van der Waals surface area contributed by atoms with Gasteiger partial charge in [-0.2, -0.15) is 0 Å². The third kappa shape index (κ3) is 2.72. The molecule has 3 heteroatoms. The van der Waals surface area contributed by atoms with E-state index >= 15 is 0 Å². The summed E-state index contributed by atoms with van der Waals surface area (Å²) in [6.45, 7) is 6.63. The number of pyridine rings is 1. The van der Waals surface area contributed by atoms with Crippen molar-refractivity contribution in [1.29, 1.82) is 0 Å². The van der Waals surface area contributed by atoms with Crippen LogP contribution in [0.2, 0.25) is 0 Å². The molecule has 3 nitrogen and oxygen atoms in total. The van der Waals surface area contributed by atoms with Crippen LogP contribution >= 0.6 is 0 Å². The quantitative estimate of drug-likeness (QED) is 0.899. The summed E-state index contributed by atoms with van der Waals surface area (Å²) in [5.74, 6) is 0.623. The summed E-state index contributed by atoms with van der Waals surface area (Å²) in [6, 6.07) is 10.1. The van der Waals surface area contributed by atoms with Gasteiger partial charge < -0.3 is 9.88 Å². The molecule has 2 rings (SSSR count). The van der Waals surface area contributed by atoms with Crippen LogP contribution in [0.5, 0.6) is 0 Å². The molecule has 0 spiro atoms. The normalized spacial score (nSPS) is 12.8. The van der Waals surface area contributed by atoms with Crippen LogP contribution in [-0.2, 0) is 7.05 Å². The second kappa shape index (κ2) is 6.12. The van der Waals surface area contributed by atoms with Gasteiger partial charge >= 0.3 is 0 Å². The predicted molar refractivity (Wildman–Crippen MR) is 86.3 cm³/mol. The summed E-state index contributed by atoms with van der Waals surface area (Å²) in [5.41, 5.74) is 1.95. The van der Waals surface area contributed by atoms with E-state index in [2.05, 4.69) is 32.2 Å². The standard InChI is InChI=1S/C17H24N2O/c1-5-13(6-2)12(3)18-15-11-17(20)19(4)16-10-8-7-9-14(15)16/h7-13,18H,5-6H2,1-4H3. The van der Waals surface area contributed by atoms with E-state index in [1.54, 1.807) is 10.6 Å². The van der Waals surface area contributed by atoms with Crippen LogP contribution < -0.4 is 10.9 Å². The van der Waals surface area contributed by atoms with E-state index in [1.807, 2.05) is 25.2 Å². The number of nitrogens with zero attached hydrogens (tertiary/aromatic N) is 1. The van der Waals surface area contributed by atoms with E-state index in [9.17, 15) is 4.79 Å². The monoisotopic (exact) mass is 272 g/mol. The number of hydrogen-bond acceptors (Lipinski definition) is 2. The molecule has 0 amide bonds. The van der Waals surface area contributed by atoms with Gasteiger partial charge in [0.05, 0.1) is 5.52 Å². The molecule has 1 unspecified atom stereocenters. The Morgan fingerprint density at radius 1 is 1.20 bits per heavy atom. The van der Waals surface area contributed by atoms with Gasteiger partial charge in [0.15, 0.2) is 0 Å². The van der Waals surface area contributed by atoms with Gasteiger partial charge in [-0.3, -0.25) is 4.79 Å². The average molecular weight is 272 g/mol. The summed E-state index contributed by atoms with van der Waals surface area (Å²) in [7, 11) is 1.82. The summed E-state index contributed by atoms with van der Waals surface area (Å²) in [4.78, 5) is 12.1. The van der Waals surface area contributed by atoms with Crippen LogP contribution in [0.15, 0.2) is 35.1 Å². The molecular formula is C17H24N2O. The number of rotatable bonds is 5. The first-order chi connectivity index (χ1) is 9.58. The molecule has 1 aromatic heterocycles. The van der Waals surface area contributed by atoms with E-state index in [4.69, 9.17) is 0 Å². The zero-order chi connectivity index (χ0) is 14.7. The molecule has 0 aliphatic carbocycles. The summed E-state index contributed by atoms with van der Waals surface area (Å²) in [5, 5.41) is 4.65. The Morgan fingerprint density at radius 3 is 2.50 bits per heavy atom. The zero-order valence-electron chi connectivity index (χ0n) is 12.8. The largest absolute Gasteiger partial charge is 0.382 e. The Balaban J connectivity index is 2.45. The number of hydrogen-bond donors (Lipinski definition) is 1. The van der Waals surface area contributed by atoms with Gasteiger partial charge in [0.25, 0.3) is 5.56 Å². The number of anilines is 1. The molecule has 0 aliphatic heterocycles. The smallest absolute Gasteiger partial charge is 0.252 e. The van der Waals surface area contributed by atoms with Crippen molar-refractivity contribution in [1.82, 2.24) is 4.57 Å². The molecule has 1 heterocycles. The average Bonchev–Trinajstić information content (AvgIpc) is 2.46. The highest BCUT2D eigenvalue weighted by molar-refractivity contribution is 5.91. The van der Waals surface area contributed by atoms with Crippen molar-refractivity contribution in [3.63, 3.8) is 0 Å². The lowest BCUT2D eigenvalue weighted by Gasteiger charge is -2.24. The fraction of sp³-hybridized carbons (Fsp3) is 0.471. The number of fused-ring (bicyclic) bond motifs is 1. The Kier molecular flexibility index (Phi) is 4.48. The first kappa shape index (κ1) is 14.6. The molecule has 0 saturated heterocycles. The van der Waals surface area contributed by atoms with Crippen molar-refractivity contribution in [2.45, 2.75) is 39.7 Å². The van der Waals surface area contributed by atoms with E-state index in [0.29, 0.717) is 12.0 Å². The highest BCUT2D eigenvalue weighted by Crippen LogP contribution is 2.24.